The van der Waals surface area contributed by atoms with E-state index in [2.05, 4.69) is 48.0 Å². The molecule has 1 aromatic carbocycles. The zero-order valence-electron chi connectivity index (χ0n) is 20.0. The lowest BCUT2D eigenvalue weighted by atomic mass is 9.71. The van der Waals surface area contributed by atoms with Gasteiger partial charge in [0.25, 0.3) is 0 Å². The Hall–Kier alpha value is -2.28. The van der Waals surface area contributed by atoms with Crippen molar-refractivity contribution in [2.45, 2.75) is 45.6 Å². The largest absolute Gasteiger partial charge is 0.476 e. The van der Waals surface area contributed by atoms with Gasteiger partial charge in [0.2, 0.25) is 0 Å². The molecule has 1 aliphatic heterocycles. The van der Waals surface area contributed by atoms with Crippen molar-refractivity contribution >= 4 is 28.3 Å². The molecule has 0 radical (unpaired) electrons. The lowest BCUT2D eigenvalue weighted by molar-refractivity contribution is 0.0402. The highest BCUT2D eigenvalue weighted by molar-refractivity contribution is 6.33. The number of morpholine rings is 1. The van der Waals surface area contributed by atoms with Crippen molar-refractivity contribution in [2.75, 3.05) is 37.8 Å². The maximum atomic E-state index is 9.67. The molecule has 34 heavy (non-hydrogen) atoms. The molecule has 0 atom stereocenters. The van der Waals surface area contributed by atoms with Crippen LogP contribution < -0.4 is 9.64 Å². The molecule has 6 nitrogen and oxygen atoms in total. The fourth-order valence-electron chi connectivity index (χ4n) is 5.19. The van der Waals surface area contributed by atoms with Gasteiger partial charge in [-0.15, -0.1) is 0 Å². The quantitative estimate of drug-likeness (QED) is 0.472. The van der Waals surface area contributed by atoms with Crippen molar-refractivity contribution in [3.05, 3.63) is 41.4 Å². The van der Waals surface area contributed by atoms with E-state index in [1.165, 1.54) is 5.69 Å². The fraction of sp³-hybridized carbons (Fsp3) is 0.519. The number of nitrogens with zero attached hydrogens (tertiary/aromatic N) is 2. The number of aromatic amines is 1. The van der Waals surface area contributed by atoms with Crippen molar-refractivity contribution in [2.24, 2.45) is 11.3 Å². The van der Waals surface area contributed by atoms with Gasteiger partial charge in [0.15, 0.2) is 5.88 Å². The highest BCUT2D eigenvalue weighted by Crippen LogP contribution is 2.39. The van der Waals surface area contributed by atoms with Gasteiger partial charge in [-0.2, -0.15) is 0 Å². The number of pyridine rings is 1. The van der Waals surface area contributed by atoms with Crippen molar-refractivity contribution in [3.63, 3.8) is 0 Å². The molecule has 2 N–H and O–H groups in total. The first-order chi connectivity index (χ1) is 16.4. The van der Waals surface area contributed by atoms with Crippen molar-refractivity contribution in [1.82, 2.24) is 9.97 Å². The first kappa shape index (κ1) is 23.5. The number of halogens is 1. The van der Waals surface area contributed by atoms with Gasteiger partial charge in [-0.1, -0.05) is 37.6 Å². The molecule has 0 bridgehead atoms. The summed E-state index contributed by atoms with van der Waals surface area (Å²) in [5.74, 6) is 1.28. The number of anilines is 1. The number of aliphatic hydroxyl groups excluding tert-OH is 1. The molecule has 2 fully saturated rings. The van der Waals surface area contributed by atoms with Crippen LogP contribution in [-0.4, -0.2) is 54.1 Å². The summed E-state index contributed by atoms with van der Waals surface area (Å²) < 4.78 is 11.7. The second kappa shape index (κ2) is 9.76. The maximum absolute atomic E-state index is 9.67. The topological polar surface area (TPSA) is 70.6 Å². The predicted octanol–water partition coefficient (Wildman–Crippen LogP) is 5.68. The van der Waals surface area contributed by atoms with Crippen LogP contribution in [0.4, 0.5) is 5.69 Å². The number of benzene rings is 1. The van der Waals surface area contributed by atoms with Crippen LogP contribution in [-0.2, 0) is 4.74 Å². The number of nitrogens with one attached hydrogen (secondary N) is 1. The SMILES string of the molecule is CC(C)(CO)[C@H]1CC[C@H](Oc2cc3nc(-c4ccc(N5CCOCC5)cc4)c(Cl)cc3[nH]2)CC1. The Bertz CT molecular complexity index is 1110. The molecule has 3 aromatic rings. The third kappa shape index (κ3) is 4.90. The third-order valence-corrected chi connectivity index (χ3v) is 7.82. The molecule has 7 heteroatoms. The molecular formula is C27H34ClN3O3. The molecule has 1 saturated heterocycles. The van der Waals surface area contributed by atoms with E-state index in [9.17, 15) is 5.11 Å². The van der Waals surface area contributed by atoms with E-state index in [1.807, 2.05) is 12.1 Å². The average molecular weight is 484 g/mol. The van der Waals surface area contributed by atoms with E-state index in [-0.39, 0.29) is 18.1 Å². The first-order valence-electron chi connectivity index (χ1n) is 12.3. The number of aromatic nitrogens is 2. The van der Waals surface area contributed by atoms with Gasteiger partial charge in [-0.05, 0) is 55.2 Å². The summed E-state index contributed by atoms with van der Waals surface area (Å²) in [5.41, 5.74) is 4.67. The molecule has 0 spiro atoms. The standard InChI is InChI=1S/C27H34ClN3O3/c1-27(2,17-32)19-5-9-21(10-6-19)34-25-16-24-23(29-25)15-22(28)26(30-24)18-3-7-20(8-4-18)31-11-13-33-14-12-31/h3-4,7-8,15-16,19,21,29,32H,5-6,9-14,17H2,1-2H3/t19-,21-. The van der Waals surface area contributed by atoms with Crippen LogP contribution >= 0.6 is 11.6 Å². The van der Waals surface area contributed by atoms with Crippen LogP contribution in [0.2, 0.25) is 5.02 Å². The van der Waals surface area contributed by atoms with Crippen LogP contribution in [0.1, 0.15) is 39.5 Å². The number of aliphatic hydroxyl groups is 1. The van der Waals surface area contributed by atoms with E-state index in [1.54, 1.807) is 0 Å². The Morgan fingerprint density at radius 3 is 2.50 bits per heavy atom. The van der Waals surface area contributed by atoms with Gasteiger partial charge >= 0.3 is 0 Å². The highest BCUT2D eigenvalue weighted by atomic mass is 35.5. The number of rotatable bonds is 6. The molecule has 182 valence electrons. The minimum atomic E-state index is -0.0243. The highest BCUT2D eigenvalue weighted by Gasteiger charge is 2.33. The van der Waals surface area contributed by atoms with Crippen LogP contribution in [0.15, 0.2) is 36.4 Å². The Morgan fingerprint density at radius 2 is 1.82 bits per heavy atom. The van der Waals surface area contributed by atoms with Gasteiger partial charge in [0, 0.05) is 37.0 Å². The summed E-state index contributed by atoms with van der Waals surface area (Å²) in [6.07, 6.45) is 4.33. The van der Waals surface area contributed by atoms with Crippen LogP contribution in [0, 0.1) is 11.3 Å². The normalized spacial score (nSPS) is 21.7. The van der Waals surface area contributed by atoms with E-state index in [0.29, 0.717) is 10.9 Å². The van der Waals surface area contributed by atoms with E-state index >= 15 is 0 Å². The van der Waals surface area contributed by atoms with Gasteiger partial charge < -0.3 is 24.5 Å². The zero-order chi connectivity index (χ0) is 23.7. The van der Waals surface area contributed by atoms with E-state index in [0.717, 1.165) is 80.2 Å². The first-order valence-corrected chi connectivity index (χ1v) is 12.7. The average Bonchev–Trinajstić information content (AvgIpc) is 3.25. The second-order valence-corrected chi connectivity index (χ2v) is 10.7. The molecule has 5 rings (SSSR count). The van der Waals surface area contributed by atoms with E-state index in [4.69, 9.17) is 26.1 Å². The minimum absolute atomic E-state index is 0.0243. The number of fused-ring (bicyclic) bond motifs is 1. The number of H-pyrrole nitrogens is 1. The number of hydrogen-bond donors (Lipinski definition) is 2. The summed E-state index contributed by atoms with van der Waals surface area (Å²) in [7, 11) is 0. The monoisotopic (exact) mass is 483 g/mol. The summed E-state index contributed by atoms with van der Waals surface area (Å²) >= 11 is 6.63. The second-order valence-electron chi connectivity index (χ2n) is 10.3. The third-order valence-electron chi connectivity index (χ3n) is 7.53. The molecule has 0 unspecified atom stereocenters. The predicted molar refractivity (Wildman–Crippen MR) is 137 cm³/mol. The van der Waals surface area contributed by atoms with Crippen LogP contribution in [0.5, 0.6) is 5.88 Å². The van der Waals surface area contributed by atoms with Crippen LogP contribution in [0.25, 0.3) is 22.3 Å². The van der Waals surface area contributed by atoms with Crippen molar-refractivity contribution in [3.8, 4) is 17.1 Å². The van der Waals surface area contributed by atoms with Gasteiger partial charge in [0.1, 0.15) is 6.10 Å². The van der Waals surface area contributed by atoms with Crippen LogP contribution in [0.3, 0.4) is 0 Å². The summed E-state index contributed by atoms with van der Waals surface area (Å²) in [5, 5.41) is 10.3. The van der Waals surface area contributed by atoms with Gasteiger partial charge in [-0.3, -0.25) is 0 Å². The molecule has 3 heterocycles. The molecule has 2 aromatic heterocycles. The summed E-state index contributed by atoms with van der Waals surface area (Å²) in [6, 6.07) is 12.3. The molecule has 1 aliphatic carbocycles. The fourth-order valence-corrected chi connectivity index (χ4v) is 5.46. The van der Waals surface area contributed by atoms with Gasteiger partial charge in [-0.25, -0.2) is 4.98 Å². The number of hydrogen-bond acceptors (Lipinski definition) is 5. The Kier molecular flexibility index (Phi) is 6.74. The number of ether oxygens (including phenoxy) is 2. The van der Waals surface area contributed by atoms with E-state index < -0.39 is 0 Å². The van der Waals surface area contributed by atoms with Crippen molar-refractivity contribution in [1.29, 1.82) is 0 Å². The Labute approximate surface area is 206 Å². The zero-order valence-corrected chi connectivity index (χ0v) is 20.8. The Morgan fingerprint density at radius 1 is 1.12 bits per heavy atom. The molecular weight excluding hydrogens is 450 g/mol. The lowest BCUT2D eigenvalue weighted by Gasteiger charge is -2.37. The smallest absolute Gasteiger partial charge is 0.193 e. The summed E-state index contributed by atoms with van der Waals surface area (Å²) in [6.45, 7) is 7.90. The maximum Gasteiger partial charge on any atom is 0.193 e. The molecule has 0 amide bonds. The molecule has 1 saturated carbocycles. The lowest BCUT2D eigenvalue weighted by Crippen LogP contribution is -2.36. The summed E-state index contributed by atoms with van der Waals surface area (Å²) in [4.78, 5) is 10.5. The molecule has 2 aliphatic rings. The van der Waals surface area contributed by atoms with Crippen molar-refractivity contribution < 1.29 is 14.6 Å². The van der Waals surface area contributed by atoms with Gasteiger partial charge in [0.05, 0.1) is 35.0 Å². The minimum Gasteiger partial charge on any atom is -0.476 e. The Balaban J connectivity index is 1.28.